The minimum atomic E-state index is -0.729. The third-order valence-corrected chi connectivity index (χ3v) is 29.0. The van der Waals surface area contributed by atoms with E-state index in [1.165, 1.54) is 126 Å². The molecule has 4 spiro atoms. The fourth-order valence-electron chi connectivity index (χ4n) is 26.0. The second-order valence-electron chi connectivity index (χ2n) is 32.3. The van der Waals surface area contributed by atoms with E-state index in [1.54, 1.807) is 11.1 Å². The molecule has 17 atom stereocenters. The van der Waals surface area contributed by atoms with E-state index in [-0.39, 0.29) is 51.2 Å². The number of aliphatic carboxylic acids is 1. The van der Waals surface area contributed by atoms with E-state index in [0.29, 0.717) is 49.9 Å². The molecule has 18 bridgehead atoms. The number of aliphatic hydroxyl groups excluding tert-OH is 2. The van der Waals surface area contributed by atoms with Crippen molar-refractivity contribution in [2.24, 2.45) is 85.2 Å². The second-order valence-corrected chi connectivity index (χ2v) is 32.3. The fourth-order valence-corrected chi connectivity index (χ4v) is 26.0. The molecule has 1 unspecified atom stereocenters. The second kappa shape index (κ2) is 20.7. The highest BCUT2D eigenvalue weighted by Crippen LogP contribution is 2.88. The Morgan fingerprint density at radius 2 is 1.68 bits per heavy atom. The average molecular weight is 1170 g/mol. The molecule has 6 aliphatic heterocycles. The maximum Gasteiger partial charge on any atom is 0.306 e. The quantitative estimate of drug-likeness (QED) is 0.132. The lowest BCUT2D eigenvalue weighted by Crippen LogP contribution is -2.70. The molecular formula is C82H96N2O4. The van der Waals surface area contributed by atoms with Crippen LogP contribution in [0, 0.1) is 97.1 Å². The molecule has 88 heavy (non-hydrogen) atoms. The third-order valence-electron chi connectivity index (χ3n) is 29.0. The number of hydrogen-bond donors (Lipinski definition) is 5. The van der Waals surface area contributed by atoms with E-state index in [2.05, 4.69) is 145 Å². The number of dihydropyridines is 1. The molecule has 18 aliphatic rings. The minimum Gasteiger partial charge on any atom is -0.481 e. The summed E-state index contributed by atoms with van der Waals surface area (Å²) >= 11 is 0. The highest BCUT2D eigenvalue weighted by Gasteiger charge is 2.82. The first-order chi connectivity index (χ1) is 42.8. The van der Waals surface area contributed by atoms with Crippen molar-refractivity contribution in [2.45, 2.75) is 192 Å². The van der Waals surface area contributed by atoms with Crippen LogP contribution >= 0.6 is 0 Å². The van der Waals surface area contributed by atoms with Crippen molar-refractivity contribution in [1.29, 1.82) is 0 Å². The number of hydrogen-bond acceptors (Lipinski definition) is 5. The molecule has 0 saturated heterocycles. The van der Waals surface area contributed by atoms with Crippen molar-refractivity contribution in [1.82, 2.24) is 10.6 Å². The molecular weight excluding hydrogens is 1080 g/mol. The van der Waals surface area contributed by atoms with Gasteiger partial charge in [-0.2, -0.15) is 0 Å². The summed E-state index contributed by atoms with van der Waals surface area (Å²) < 4.78 is 0. The zero-order valence-electron chi connectivity index (χ0n) is 52.6. The Hall–Kier alpha value is -5.61. The normalized spacial score (nSPS) is 42.7. The van der Waals surface area contributed by atoms with Crippen molar-refractivity contribution in [3.05, 3.63) is 171 Å². The standard InChI is InChI=1S/C82H96N2O4/c1-52-26-28-64(74(87)88)73-69(85)49-82-68-48-78-33-15-35-80-34-12-11-24-62(57-22-13-21-56(43-57)59-27-29-71(84-50-59)83-41-14-25-61(52)55-18-7-4-8-19-55)72-63-23-10-9-20-58(63)44-66(65(72)47-78)81(75(78)80,38-32-70(80)86)67(68)45-60(76(73,82)2)31-37-79(82)40-39-77(51-79)36-30-54(46-77)42-53-16-5-3-6-17-53/h3,5-6,9-10,13,15-17,20-23,27,29,33,43-44,47,54-55,60-62,64,66,69-70,73,75,83-86H,1,4,7-8,14,18-19,24-26,28,30-32,34-42,45-46,48-51H2,2H3,(H,87,88)/t54-,60-,61+,62-,64+,66+,69+,70-,73-,75?,76+,77+,78+,79-,80+,81-,82+/m0/s1. The summed E-state index contributed by atoms with van der Waals surface area (Å²) in [7, 11) is 0. The van der Waals surface area contributed by atoms with Crippen LogP contribution < -0.4 is 21.1 Å². The number of allylic oxidation sites excluding steroid dienone is 9. The fraction of sp³-hybridized carbons (Fsp3) is 0.573. The molecule has 0 amide bonds. The van der Waals surface area contributed by atoms with Crippen LogP contribution in [0.5, 0.6) is 0 Å². The van der Waals surface area contributed by atoms with Crippen molar-refractivity contribution >= 4 is 23.2 Å². The Labute approximate surface area is 524 Å². The van der Waals surface area contributed by atoms with E-state index < -0.39 is 40.3 Å². The van der Waals surface area contributed by atoms with Gasteiger partial charge in [-0.15, -0.1) is 11.8 Å². The summed E-state index contributed by atoms with van der Waals surface area (Å²) in [4.78, 5) is 14.8. The van der Waals surface area contributed by atoms with Gasteiger partial charge in [0.1, 0.15) is 0 Å². The molecule has 6 nitrogen and oxygen atoms in total. The van der Waals surface area contributed by atoms with Crippen LogP contribution in [0.1, 0.15) is 190 Å². The number of rotatable bonds is 4. The molecule has 3 aromatic rings. The molecule has 0 aromatic heterocycles. The highest BCUT2D eigenvalue weighted by molar-refractivity contribution is 5.80. The lowest BCUT2D eigenvalue weighted by Gasteiger charge is -2.76. The Morgan fingerprint density at radius 3 is 2.53 bits per heavy atom. The van der Waals surface area contributed by atoms with Crippen LogP contribution in [0.25, 0.3) is 17.2 Å². The smallest absolute Gasteiger partial charge is 0.306 e. The molecule has 6 heterocycles. The number of carbonyl (C=O) groups is 1. The zero-order valence-corrected chi connectivity index (χ0v) is 52.6. The lowest BCUT2D eigenvalue weighted by atomic mass is 9.27. The number of carboxylic acid groups (broad SMARTS) is 1. The lowest BCUT2D eigenvalue weighted by molar-refractivity contribution is -0.194. The first-order valence-corrected chi connectivity index (χ1v) is 35.5. The molecule has 6 heteroatoms. The van der Waals surface area contributed by atoms with Crippen molar-refractivity contribution in [3.63, 3.8) is 0 Å². The van der Waals surface area contributed by atoms with E-state index in [1.807, 2.05) is 0 Å². The topological polar surface area (TPSA) is 102 Å². The van der Waals surface area contributed by atoms with Crippen LogP contribution in [-0.4, -0.2) is 46.6 Å². The molecule has 21 rings (SSSR count). The van der Waals surface area contributed by atoms with Gasteiger partial charge in [0.15, 0.2) is 0 Å². The van der Waals surface area contributed by atoms with Gasteiger partial charge in [-0.1, -0.05) is 159 Å². The molecule has 6 saturated carbocycles. The summed E-state index contributed by atoms with van der Waals surface area (Å²) in [5.74, 6) is 9.29. The minimum absolute atomic E-state index is 0.0252. The average Bonchev–Trinajstić information content (AvgIpc) is 1.13. The van der Waals surface area contributed by atoms with Crippen LogP contribution in [-0.2, 0) is 11.2 Å². The first kappa shape index (κ1) is 56.4. The van der Waals surface area contributed by atoms with Crippen LogP contribution in [0.4, 0.5) is 0 Å². The van der Waals surface area contributed by atoms with Gasteiger partial charge < -0.3 is 26.0 Å². The van der Waals surface area contributed by atoms with Crippen LogP contribution in [0.3, 0.4) is 0 Å². The van der Waals surface area contributed by atoms with E-state index in [0.717, 1.165) is 76.7 Å². The van der Waals surface area contributed by atoms with Crippen molar-refractivity contribution in [2.75, 3.05) is 13.1 Å². The van der Waals surface area contributed by atoms with Gasteiger partial charge in [0.25, 0.3) is 0 Å². The summed E-state index contributed by atoms with van der Waals surface area (Å²) in [6.07, 6.45) is 41.0. The molecule has 6 fully saturated rings. The number of fused-ring (bicyclic) bond motifs is 1. The summed E-state index contributed by atoms with van der Waals surface area (Å²) in [5.41, 5.74) is 11.1. The van der Waals surface area contributed by atoms with Crippen LogP contribution in [0.15, 0.2) is 144 Å². The first-order valence-electron chi connectivity index (χ1n) is 35.5. The van der Waals surface area contributed by atoms with Crippen molar-refractivity contribution in [3.8, 4) is 11.8 Å². The van der Waals surface area contributed by atoms with E-state index >= 15 is 0 Å². The van der Waals surface area contributed by atoms with Gasteiger partial charge in [0, 0.05) is 65.3 Å². The molecule has 0 radical (unpaired) electrons. The van der Waals surface area contributed by atoms with Gasteiger partial charge in [-0.25, -0.2) is 0 Å². The largest absolute Gasteiger partial charge is 0.481 e. The number of carboxylic acids is 1. The highest BCUT2D eigenvalue weighted by atomic mass is 16.4. The summed E-state index contributed by atoms with van der Waals surface area (Å²) in [5, 5.41) is 49.5. The van der Waals surface area contributed by atoms with E-state index in [9.17, 15) is 20.1 Å². The van der Waals surface area contributed by atoms with Crippen molar-refractivity contribution < 1.29 is 20.1 Å². The summed E-state index contributed by atoms with van der Waals surface area (Å²) in [6.45, 7) is 9.22. The van der Waals surface area contributed by atoms with Gasteiger partial charge >= 0.3 is 5.97 Å². The third kappa shape index (κ3) is 7.95. The number of benzene rings is 3. The zero-order chi connectivity index (χ0) is 59.4. The maximum atomic E-state index is 14.8. The predicted molar refractivity (Wildman–Crippen MR) is 352 cm³/mol. The van der Waals surface area contributed by atoms with Gasteiger partial charge in [-0.3, -0.25) is 4.79 Å². The predicted octanol–water partition coefficient (Wildman–Crippen LogP) is 15.0. The van der Waals surface area contributed by atoms with E-state index in [4.69, 9.17) is 6.58 Å². The Balaban J connectivity index is 0.891. The van der Waals surface area contributed by atoms with Gasteiger partial charge in [0.2, 0.25) is 0 Å². The monoisotopic (exact) mass is 1170 g/mol. The Morgan fingerprint density at radius 1 is 0.818 bits per heavy atom. The van der Waals surface area contributed by atoms with Crippen LogP contribution in [0.2, 0.25) is 0 Å². The number of nitrogens with one attached hydrogen (secondary N) is 2. The molecule has 5 N–H and O–H groups in total. The molecule has 458 valence electrons. The molecule has 3 aromatic carbocycles. The Bertz CT molecular complexity index is 3750. The number of aliphatic hydroxyl groups is 2. The maximum absolute atomic E-state index is 14.8. The summed E-state index contributed by atoms with van der Waals surface area (Å²) in [6, 6.07) is 30.1. The SMILES string of the molecule is C=C1CC[C@@H](C(=O)O)[C@H]2[C@H](O)C[C@]34C5=C(C[C@H](CC[C@@]36CC[C@@]3(CC[C@@H](Cc7ccccc7)C3)C6)[C@]24C)[C@]23CC[C@H](O)[C@@]46CC#CC[C@H](C7=c8ccccc8=C[C@@H]2C7=C[C@](C=CC4)(C5)C63)c2cccc(c2)C2=CC=C(NCCC[C@H]1C1CCCCC1)NC2. The van der Waals surface area contributed by atoms with Gasteiger partial charge in [0.05, 0.1) is 23.9 Å². The molecule has 12 aliphatic carbocycles. The van der Waals surface area contributed by atoms with Gasteiger partial charge in [-0.05, 0) is 231 Å². The Kier molecular flexibility index (Phi) is 13.3.